The summed E-state index contributed by atoms with van der Waals surface area (Å²) in [5.41, 5.74) is 2.57. The van der Waals surface area contributed by atoms with E-state index in [1.807, 2.05) is 24.5 Å². The van der Waals surface area contributed by atoms with Gasteiger partial charge in [-0.1, -0.05) is 0 Å². The minimum absolute atomic E-state index is 0.250. The Hall–Kier alpha value is -2.98. The third-order valence-electron chi connectivity index (χ3n) is 6.99. The van der Waals surface area contributed by atoms with E-state index in [0.717, 1.165) is 32.4 Å². The van der Waals surface area contributed by atoms with Crippen LogP contribution in [0.3, 0.4) is 0 Å². The van der Waals surface area contributed by atoms with Crippen molar-refractivity contribution in [2.75, 3.05) is 38.7 Å². The fourth-order valence-corrected chi connectivity index (χ4v) is 6.51. The van der Waals surface area contributed by atoms with E-state index in [0.29, 0.717) is 59.9 Å². The first-order valence-electron chi connectivity index (χ1n) is 13.0. The summed E-state index contributed by atoms with van der Waals surface area (Å²) in [5, 5.41) is 6.89. The molecule has 0 amide bonds. The molecule has 3 rings (SSSR count). The molecule has 0 unspecified atom stereocenters. The Morgan fingerprint density at radius 2 is 1.71 bits per heavy atom. The fourth-order valence-electron chi connectivity index (χ4n) is 4.89. The maximum Gasteiger partial charge on any atom is 0.290 e. The summed E-state index contributed by atoms with van der Waals surface area (Å²) in [6, 6.07) is 7.59. The van der Waals surface area contributed by atoms with Crippen molar-refractivity contribution < 1.29 is 27.9 Å². The number of ether oxygens (including phenoxy) is 1. The van der Waals surface area contributed by atoms with Gasteiger partial charge in [-0.25, -0.2) is 12.7 Å². The van der Waals surface area contributed by atoms with E-state index in [1.165, 1.54) is 9.99 Å². The van der Waals surface area contributed by atoms with Gasteiger partial charge in [-0.15, -0.1) is 0 Å². The number of anilines is 1. The molecule has 0 bridgehead atoms. The average molecular weight is 548 g/mol. The smallest absolute Gasteiger partial charge is 0.290 e. The monoisotopic (exact) mass is 547 g/mol. The molecule has 10 heteroatoms. The SMILES string of the molecule is COc1cc(C)c(S(=O)(=O)N(C)CCCCC(=O)CCC2CCN(c3ccncc3)CC2)c(C)c1.O=CO. The average Bonchev–Trinajstić information content (AvgIpc) is 2.90. The molecule has 2 aromatic rings. The van der Waals surface area contributed by atoms with Crippen LogP contribution >= 0.6 is 0 Å². The molecule has 0 atom stereocenters. The molecule has 9 nitrogen and oxygen atoms in total. The number of sulfonamides is 1. The number of carboxylic acid groups (broad SMARTS) is 1. The minimum Gasteiger partial charge on any atom is -0.497 e. The molecule has 0 spiro atoms. The third kappa shape index (κ3) is 9.09. The zero-order valence-electron chi connectivity index (χ0n) is 22.9. The van der Waals surface area contributed by atoms with Gasteiger partial charge in [0.1, 0.15) is 11.5 Å². The van der Waals surface area contributed by atoms with Gasteiger partial charge in [0, 0.05) is 57.6 Å². The molecule has 1 aliphatic rings. The Kier molecular flexibility index (Phi) is 12.7. The highest BCUT2D eigenvalue weighted by atomic mass is 32.2. The van der Waals surface area contributed by atoms with Crippen molar-refractivity contribution >= 4 is 28.0 Å². The molecule has 0 saturated carbocycles. The lowest BCUT2D eigenvalue weighted by Crippen LogP contribution is -2.33. The summed E-state index contributed by atoms with van der Waals surface area (Å²) in [6.45, 7) is 5.78. The first kappa shape index (κ1) is 31.2. The molecule has 1 aliphatic heterocycles. The normalized spacial score (nSPS) is 14.1. The highest BCUT2D eigenvalue weighted by Gasteiger charge is 2.25. The molecule has 1 saturated heterocycles. The molecule has 210 valence electrons. The van der Waals surface area contributed by atoms with Gasteiger partial charge >= 0.3 is 0 Å². The summed E-state index contributed by atoms with van der Waals surface area (Å²) >= 11 is 0. The van der Waals surface area contributed by atoms with E-state index in [9.17, 15) is 13.2 Å². The molecule has 38 heavy (non-hydrogen) atoms. The number of ketones is 1. The predicted molar refractivity (Wildman–Crippen MR) is 148 cm³/mol. The second-order valence-corrected chi connectivity index (χ2v) is 11.7. The van der Waals surface area contributed by atoms with E-state index in [1.54, 1.807) is 40.1 Å². The maximum absolute atomic E-state index is 13.1. The van der Waals surface area contributed by atoms with Gasteiger partial charge in [-0.3, -0.25) is 14.6 Å². The van der Waals surface area contributed by atoms with E-state index in [2.05, 4.69) is 9.88 Å². The van der Waals surface area contributed by atoms with Gasteiger partial charge in [0.05, 0.1) is 12.0 Å². The van der Waals surface area contributed by atoms with E-state index in [-0.39, 0.29) is 12.3 Å². The highest BCUT2D eigenvalue weighted by Crippen LogP contribution is 2.28. The summed E-state index contributed by atoms with van der Waals surface area (Å²) in [4.78, 5) is 27.6. The topological polar surface area (TPSA) is 117 Å². The molecular formula is C28H41N3O6S. The summed E-state index contributed by atoms with van der Waals surface area (Å²) < 4.78 is 32.9. The molecule has 1 aromatic carbocycles. The lowest BCUT2D eigenvalue weighted by atomic mass is 9.90. The van der Waals surface area contributed by atoms with Crippen LogP contribution in [0.25, 0.3) is 0 Å². The zero-order chi connectivity index (χ0) is 28.1. The number of nitrogens with zero attached hydrogens (tertiary/aromatic N) is 3. The Labute approximate surface area is 226 Å². The van der Waals surface area contributed by atoms with Crippen LogP contribution in [0.2, 0.25) is 0 Å². The quantitative estimate of drug-likeness (QED) is 0.306. The van der Waals surface area contributed by atoms with Crippen molar-refractivity contribution in [1.29, 1.82) is 0 Å². The van der Waals surface area contributed by atoms with Crippen LogP contribution in [0.1, 0.15) is 56.1 Å². The molecule has 0 aliphatic carbocycles. The standard InChI is InChI=1S/C27H39N3O4S.CH2O2/c1-21-19-26(34-4)20-22(2)27(21)35(32,33)29(3)16-6-5-7-25(31)9-8-23-12-17-30(18-13-23)24-10-14-28-15-11-24;2-1-3/h10-11,14-15,19-20,23H,5-9,12-13,16-18H2,1-4H3;1H,(H,2,3). The molecule has 1 aromatic heterocycles. The number of unbranched alkanes of at least 4 members (excludes halogenated alkanes) is 1. The summed E-state index contributed by atoms with van der Waals surface area (Å²) in [5.74, 6) is 1.54. The molecular weight excluding hydrogens is 506 g/mol. The van der Waals surface area contributed by atoms with Gasteiger partial charge in [-0.05, 0) is 87.3 Å². The van der Waals surface area contributed by atoms with Crippen LogP contribution < -0.4 is 9.64 Å². The van der Waals surface area contributed by atoms with Gasteiger partial charge in [0.15, 0.2) is 0 Å². The van der Waals surface area contributed by atoms with Gasteiger partial charge in [0.25, 0.3) is 6.47 Å². The number of carbonyl (C=O) groups excluding carboxylic acids is 1. The maximum atomic E-state index is 13.1. The van der Waals surface area contributed by atoms with Crippen LogP contribution in [-0.4, -0.2) is 68.9 Å². The van der Waals surface area contributed by atoms with Gasteiger partial charge in [0.2, 0.25) is 10.0 Å². The Morgan fingerprint density at radius 1 is 1.13 bits per heavy atom. The summed E-state index contributed by atoms with van der Waals surface area (Å²) in [7, 11) is -0.408. The lowest BCUT2D eigenvalue weighted by Gasteiger charge is -2.33. The number of carbonyl (C=O) groups is 2. The van der Waals surface area contributed by atoms with Gasteiger partial charge < -0.3 is 14.7 Å². The largest absolute Gasteiger partial charge is 0.497 e. The Bertz CT molecular complexity index is 1110. The number of benzene rings is 1. The molecule has 2 heterocycles. The van der Waals surface area contributed by atoms with Crippen molar-refractivity contribution in [3.8, 4) is 5.75 Å². The molecule has 1 fully saturated rings. The van der Waals surface area contributed by atoms with E-state index >= 15 is 0 Å². The van der Waals surface area contributed by atoms with E-state index < -0.39 is 10.0 Å². The zero-order valence-corrected chi connectivity index (χ0v) is 23.7. The van der Waals surface area contributed by atoms with Crippen molar-refractivity contribution in [2.45, 2.75) is 63.7 Å². The number of methoxy groups -OCH3 is 1. The number of piperidine rings is 1. The van der Waals surface area contributed by atoms with Crippen molar-refractivity contribution in [3.63, 3.8) is 0 Å². The third-order valence-corrected chi connectivity index (χ3v) is 9.15. The van der Waals surface area contributed by atoms with Crippen molar-refractivity contribution in [1.82, 2.24) is 9.29 Å². The van der Waals surface area contributed by atoms with Crippen molar-refractivity contribution in [3.05, 3.63) is 47.8 Å². The van der Waals surface area contributed by atoms with Crippen LogP contribution in [0, 0.1) is 19.8 Å². The number of hydrogen-bond acceptors (Lipinski definition) is 7. The first-order chi connectivity index (χ1) is 18.1. The number of pyridine rings is 1. The second kappa shape index (κ2) is 15.4. The minimum atomic E-state index is -3.59. The van der Waals surface area contributed by atoms with Gasteiger partial charge in [-0.2, -0.15) is 0 Å². The summed E-state index contributed by atoms with van der Waals surface area (Å²) in [6.07, 6.45) is 9.35. The predicted octanol–water partition coefficient (Wildman–Crippen LogP) is 4.46. The Balaban J connectivity index is 0.00000161. The first-order valence-corrected chi connectivity index (χ1v) is 14.4. The number of rotatable bonds is 12. The Morgan fingerprint density at radius 3 is 2.26 bits per heavy atom. The van der Waals surface area contributed by atoms with Crippen LogP contribution in [0.15, 0.2) is 41.6 Å². The number of Topliss-reactive ketones (excluding diaryl/α,β-unsaturated/α-hetero) is 1. The number of aryl methyl sites for hydroxylation is 2. The van der Waals surface area contributed by atoms with E-state index in [4.69, 9.17) is 14.6 Å². The van der Waals surface area contributed by atoms with Crippen LogP contribution in [0.5, 0.6) is 5.75 Å². The molecule has 0 radical (unpaired) electrons. The van der Waals surface area contributed by atoms with Crippen LogP contribution in [-0.2, 0) is 19.6 Å². The number of aromatic nitrogens is 1. The lowest BCUT2D eigenvalue weighted by molar-refractivity contribution is -0.123. The highest BCUT2D eigenvalue weighted by molar-refractivity contribution is 7.89. The molecule has 1 N–H and O–H groups in total. The number of hydrogen-bond donors (Lipinski definition) is 1. The second-order valence-electron chi connectivity index (χ2n) is 9.69. The van der Waals surface area contributed by atoms with Crippen molar-refractivity contribution in [2.24, 2.45) is 5.92 Å². The fraction of sp³-hybridized carbons (Fsp3) is 0.536. The van der Waals surface area contributed by atoms with Crippen LogP contribution in [0.4, 0.5) is 5.69 Å².